The minimum atomic E-state index is -0.0845. The number of carbonyl (C=O) groups excluding carboxylic acids is 1. The predicted molar refractivity (Wildman–Crippen MR) is 102 cm³/mol. The number of furan rings is 1. The molecule has 5 rings (SSSR count). The lowest BCUT2D eigenvalue weighted by Gasteiger charge is -2.17. The van der Waals surface area contributed by atoms with Crippen LogP contribution in [0, 0.1) is 6.92 Å². The molecule has 2 aliphatic rings. The number of nitrogens with two attached hydrogens (primary N) is 1. The standard InChI is InChI=1S/C21H18N4O2/c1-12-7-10-16(27-12)19-17-18(23-21(22)24-19)15(11-13-5-3-2-4-6-13)25(20(17)26)14-8-9-14/h2-7,10-11,14H,8-9H2,1H3,(H2,22,23,24)/b15-11-. The maximum absolute atomic E-state index is 13.3. The zero-order valence-electron chi connectivity index (χ0n) is 14.8. The van der Waals surface area contributed by atoms with Gasteiger partial charge in [0.2, 0.25) is 5.95 Å². The number of fused-ring (bicyclic) bond motifs is 1. The number of benzene rings is 1. The van der Waals surface area contributed by atoms with E-state index in [4.69, 9.17) is 10.2 Å². The van der Waals surface area contributed by atoms with E-state index in [0.29, 0.717) is 22.7 Å². The summed E-state index contributed by atoms with van der Waals surface area (Å²) in [7, 11) is 0. The van der Waals surface area contributed by atoms with Gasteiger partial charge in [0.15, 0.2) is 5.76 Å². The topological polar surface area (TPSA) is 85.2 Å². The van der Waals surface area contributed by atoms with E-state index in [9.17, 15) is 4.79 Å². The van der Waals surface area contributed by atoms with Gasteiger partial charge in [0.25, 0.3) is 5.91 Å². The third-order valence-electron chi connectivity index (χ3n) is 4.85. The summed E-state index contributed by atoms with van der Waals surface area (Å²) in [5.41, 5.74) is 9.28. The molecule has 6 nitrogen and oxygen atoms in total. The molecule has 27 heavy (non-hydrogen) atoms. The maximum atomic E-state index is 13.3. The van der Waals surface area contributed by atoms with Gasteiger partial charge in [-0.05, 0) is 43.5 Å². The number of anilines is 1. The van der Waals surface area contributed by atoms with Crippen LogP contribution in [0.3, 0.4) is 0 Å². The first-order valence-corrected chi connectivity index (χ1v) is 8.97. The zero-order chi connectivity index (χ0) is 18.5. The molecule has 2 N–H and O–H groups in total. The van der Waals surface area contributed by atoms with Gasteiger partial charge in [-0.25, -0.2) is 9.97 Å². The van der Waals surface area contributed by atoms with Gasteiger partial charge >= 0.3 is 0 Å². The van der Waals surface area contributed by atoms with Crippen LogP contribution in [-0.4, -0.2) is 26.8 Å². The summed E-state index contributed by atoms with van der Waals surface area (Å²) >= 11 is 0. The van der Waals surface area contributed by atoms with Gasteiger partial charge < -0.3 is 15.1 Å². The highest BCUT2D eigenvalue weighted by molar-refractivity contribution is 6.14. The number of nitrogens with zero attached hydrogens (tertiary/aromatic N) is 3. The van der Waals surface area contributed by atoms with Crippen LogP contribution < -0.4 is 5.73 Å². The minimum absolute atomic E-state index is 0.0845. The molecule has 1 amide bonds. The Morgan fingerprint density at radius 2 is 1.85 bits per heavy atom. The number of hydrogen-bond acceptors (Lipinski definition) is 5. The van der Waals surface area contributed by atoms with Crippen LogP contribution in [0.4, 0.5) is 5.95 Å². The molecule has 0 spiro atoms. The molecule has 0 atom stereocenters. The van der Waals surface area contributed by atoms with Crippen molar-refractivity contribution in [2.45, 2.75) is 25.8 Å². The van der Waals surface area contributed by atoms with Gasteiger partial charge in [0.1, 0.15) is 17.1 Å². The van der Waals surface area contributed by atoms with Crippen LogP contribution in [-0.2, 0) is 0 Å². The van der Waals surface area contributed by atoms with Crippen LogP contribution in [0.5, 0.6) is 0 Å². The van der Waals surface area contributed by atoms with Crippen molar-refractivity contribution < 1.29 is 9.21 Å². The van der Waals surface area contributed by atoms with Crippen LogP contribution in [0.2, 0.25) is 0 Å². The number of carbonyl (C=O) groups is 1. The van der Waals surface area contributed by atoms with Crippen molar-refractivity contribution in [3.05, 3.63) is 65.0 Å². The van der Waals surface area contributed by atoms with Crippen LogP contribution in [0.1, 0.15) is 40.2 Å². The quantitative estimate of drug-likeness (QED) is 0.771. The maximum Gasteiger partial charge on any atom is 0.263 e. The fourth-order valence-electron chi connectivity index (χ4n) is 3.49. The summed E-state index contributed by atoms with van der Waals surface area (Å²) < 4.78 is 5.73. The molecule has 1 fully saturated rings. The summed E-state index contributed by atoms with van der Waals surface area (Å²) in [4.78, 5) is 23.9. The normalized spacial score (nSPS) is 17.6. The molecule has 3 heterocycles. The molecular weight excluding hydrogens is 340 g/mol. The molecule has 1 saturated carbocycles. The van der Waals surface area contributed by atoms with Crippen molar-refractivity contribution in [1.82, 2.24) is 14.9 Å². The van der Waals surface area contributed by atoms with E-state index in [0.717, 1.165) is 29.9 Å². The molecule has 0 radical (unpaired) electrons. The van der Waals surface area contributed by atoms with E-state index in [2.05, 4.69) is 9.97 Å². The molecule has 2 aromatic heterocycles. The summed E-state index contributed by atoms with van der Waals surface area (Å²) in [6.07, 6.45) is 3.97. The Hall–Kier alpha value is -3.41. The van der Waals surface area contributed by atoms with E-state index < -0.39 is 0 Å². The predicted octanol–water partition coefficient (Wildman–Crippen LogP) is 3.74. The summed E-state index contributed by atoms with van der Waals surface area (Å²) in [5, 5.41) is 0. The van der Waals surface area contributed by atoms with Gasteiger partial charge in [-0.2, -0.15) is 0 Å². The SMILES string of the molecule is Cc1ccc(-c2nc(N)nc3c2C(=O)N(C2CC2)/C3=C\c2ccccc2)o1. The van der Waals surface area contributed by atoms with Crippen molar-refractivity contribution >= 4 is 23.6 Å². The van der Waals surface area contributed by atoms with Crippen molar-refractivity contribution in [2.24, 2.45) is 0 Å². The van der Waals surface area contributed by atoms with Gasteiger partial charge in [-0.1, -0.05) is 30.3 Å². The summed E-state index contributed by atoms with van der Waals surface area (Å²) in [6, 6.07) is 13.8. The van der Waals surface area contributed by atoms with Gasteiger partial charge in [-0.3, -0.25) is 4.79 Å². The first kappa shape index (κ1) is 15.8. The highest BCUT2D eigenvalue weighted by Crippen LogP contribution is 2.44. The Balaban J connectivity index is 1.74. The fraction of sp³-hybridized carbons (Fsp3) is 0.190. The Labute approximate surface area is 156 Å². The smallest absolute Gasteiger partial charge is 0.263 e. The molecule has 134 valence electrons. The monoisotopic (exact) mass is 358 g/mol. The largest absolute Gasteiger partial charge is 0.460 e. The van der Waals surface area contributed by atoms with Crippen LogP contribution in [0.25, 0.3) is 23.2 Å². The lowest BCUT2D eigenvalue weighted by atomic mass is 10.1. The molecule has 6 heteroatoms. The second-order valence-corrected chi connectivity index (χ2v) is 6.91. The summed E-state index contributed by atoms with van der Waals surface area (Å²) in [6.45, 7) is 1.85. The number of amides is 1. The van der Waals surface area contributed by atoms with E-state index >= 15 is 0 Å². The number of nitrogen functional groups attached to an aromatic ring is 1. The number of rotatable bonds is 3. The molecule has 1 aliphatic carbocycles. The number of aromatic nitrogens is 2. The van der Waals surface area contributed by atoms with Gasteiger partial charge in [0, 0.05) is 6.04 Å². The minimum Gasteiger partial charge on any atom is -0.460 e. The van der Waals surface area contributed by atoms with E-state index in [-0.39, 0.29) is 17.9 Å². The number of aryl methyl sites for hydroxylation is 1. The first-order chi connectivity index (χ1) is 13.1. The molecule has 0 bridgehead atoms. The summed E-state index contributed by atoms with van der Waals surface area (Å²) in [5.74, 6) is 1.32. The Bertz CT molecular complexity index is 1080. The second-order valence-electron chi connectivity index (χ2n) is 6.91. The third kappa shape index (κ3) is 2.61. The third-order valence-corrected chi connectivity index (χ3v) is 4.85. The highest BCUT2D eigenvalue weighted by atomic mass is 16.3. The molecule has 1 aromatic carbocycles. The second kappa shape index (κ2) is 5.81. The van der Waals surface area contributed by atoms with Crippen molar-refractivity contribution in [2.75, 3.05) is 5.73 Å². The molecule has 0 saturated heterocycles. The zero-order valence-corrected chi connectivity index (χ0v) is 14.8. The molecule has 3 aromatic rings. The molecular formula is C21H18N4O2. The van der Waals surface area contributed by atoms with Gasteiger partial charge in [0.05, 0.1) is 11.3 Å². The first-order valence-electron chi connectivity index (χ1n) is 8.97. The van der Waals surface area contributed by atoms with Crippen molar-refractivity contribution in [1.29, 1.82) is 0 Å². The lowest BCUT2D eigenvalue weighted by molar-refractivity contribution is 0.0844. The average molecular weight is 358 g/mol. The average Bonchev–Trinajstić information content (AvgIpc) is 3.34. The molecule has 0 unspecified atom stereocenters. The Kier molecular flexibility index (Phi) is 3.40. The van der Waals surface area contributed by atoms with Crippen LogP contribution in [0.15, 0.2) is 46.9 Å². The van der Waals surface area contributed by atoms with Crippen molar-refractivity contribution in [3.8, 4) is 11.5 Å². The van der Waals surface area contributed by atoms with Crippen LogP contribution >= 0.6 is 0 Å². The molecule has 1 aliphatic heterocycles. The number of hydrogen-bond donors (Lipinski definition) is 1. The Morgan fingerprint density at radius 3 is 2.52 bits per heavy atom. The van der Waals surface area contributed by atoms with E-state index in [1.807, 2.05) is 60.4 Å². The van der Waals surface area contributed by atoms with E-state index in [1.54, 1.807) is 0 Å². The van der Waals surface area contributed by atoms with Crippen molar-refractivity contribution in [3.63, 3.8) is 0 Å². The highest BCUT2D eigenvalue weighted by Gasteiger charge is 2.45. The van der Waals surface area contributed by atoms with E-state index in [1.165, 1.54) is 0 Å². The fourth-order valence-corrected chi connectivity index (χ4v) is 3.49. The lowest BCUT2D eigenvalue weighted by Crippen LogP contribution is -2.25. The Morgan fingerprint density at radius 1 is 1.11 bits per heavy atom. The van der Waals surface area contributed by atoms with Gasteiger partial charge in [-0.15, -0.1) is 0 Å².